The number of hydrogen-bond donors (Lipinski definition) is 0. The standard InChI is InChI=1S/C14H22INO2.Y/c1-10-8-11(6-7-12(10)15-2)9-13(16(3)4)14(17)18-5;/h6-8,13,15H,9H2,1-5H3;. The summed E-state index contributed by atoms with van der Waals surface area (Å²) in [5.41, 5.74) is 2.54. The molecule has 0 aliphatic rings. The average Bonchev–Trinajstić information content (AvgIpc) is 2.35. The molecule has 0 heterocycles. The van der Waals surface area contributed by atoms with Crippen molar-refractivity contribution < 1.29 is 42.2 Å². The maximum absolute atomic E-state index is 11.7. The van der Waals surface area contributed by atoms with E-state index in [9.17, 15) is 4.79 Å². The van der Waals surface area contributed by atoms with Crippen molar-refractivity contribution in [2.75, 3.05) is 26.1 Å². The van der Waals surface area contributed by atoms with Crippen molar-refractivity contribution in [3.63, 3.8) is 0 Å². The molecule has 0 N–H and O–H groups in total. The van der Waals surface area contributed by atoms with Crippen LogP contribution < -0.4 is 0 Å². The van der Waals surface area contributed by atoms with E-state index in [0.717, 1.165) is 0 Å². The van der Waals surface area contributed by atoms with Gasteiger partial charge in [0, 0.05) is 32.7 Å². The van der Waals surface area contributed by atoms with Gasteiger partial charge in [-0.25, -0.2) is 0 Å². The number of carbonyl (C=O) groups is 1. The van der Waals surface area contributed by atoms with E-state index >= 15 is 0 Å². The number of halogens is 1. The van der Waals surface area contributed by atoms with Gasteiger partial charge in [0.1, 0.15) is 0 Å². The molecular weight excluding hydrogens is 430 g/mol. The van der Waals surface area contributed by atoms with E-state index in [1.807, 2.05) is 19.0 Å². The first kappa shape index (κ1) is 19.5. The number of likely N-dealkylation sites (N-methyl/N-ethyl adjacent to an activating group) is 1. The zero-order valence-electron chi connectivity index (χ0n) is 12.3. The molecule has 5 heteroatoms. The molecule has 0 amide bonds. The first-order valence-electron chi connectivity index (χ1n) is 5.87. The molecule has 1 rings (SSSR count). The summed E-state index contributed by atoms with van der Waals surface area (Å²) in [5.74, 6) is -0.175. The molecule has 0 saturated carbocycles. The normalized spacial score (nSPS) is 12.1. The van der Waals surface area contributed by atoms with Crippen LogP contribution in [0.4, 0.5) is 0 Å². The second kappa shape index (κ2) is 9.43. The van der Waals surface area contributed by atoms with Crippen LogP contribution in [0.1, 0.15) is 11.1 Å². The monoisotopic (exact) mass is 452 g/mol. The maximum atomic E-state index is 11.7. The summed E-state index contributed by atoms with van der Waals surface area (Å²) < 4.78 is 6.34. The van der Waals surface area contributed by atoms with E-state index in [0.29, 0.717) is 6.42 Å². The predicted molar refractivity (Wildman–Crippen MR) is 84.4 cm³/mol. The number of aryl methyl sites for hydroxylation is 1. The molecule has 3 nitrogen and oxygen atoms in total. The van der Waals surface area contributed by atoms with Gasteiger partial charge in [0.15, 0.2) is 0 Å². The van der Waals surface area contributed by atoms with E-state index in [-0.39, 0.29) is 65.9 Å². The van der Waals surface area contributed by atoms with Crippen molar-refractivity contribution in [2.24, 2.45) is 0 Å². The van der Waals surface area contributed by atoms with Crippen LogP contribution in [0.3, 0.4) is 0 Å². The summed E-state index contributed by atoms with van der Waals surface area (Å²) >= 11 is -0.0442. The first-order valence-corrected chi connectivity index (χ1v) is 9.37. The van der Waals surface area contributed by atoms with Crippen LogP contribution in [0.25, 0.3) is 0 Å². The fraction of sp³-hybridized carbons (Fsp3) is 0.500. The SMILES string of the molecule is COC(=O)C(Cc1ccc([IH]C)c(C)c1)N(C)C.[Y]. The van der Waals surface area contributed by atoms with Crippen LogP contribution in [0.15, 0.2) is 18.2 Å². The predicted octanol–water partition coefficient (Wildman–Crippen LogP) is 2.14. The fourth-order valence-electron chi connectivity index (χ4n) is 1.90. The third-order valence-corrected chi connectivity index (χ3v) is 5.55. The number of rotatable bonds is 5. The van der Waals surface area contributed by atoms with Crippen LogP contribution in [-0.4, -0.2) is 43.0 Å². The van der Waals surface area contributed by atoms with Crippen molar-refractivity contribution in [1.29, 1.82) is 0 Å². The number of methoxy groups -OCH3 is 1. The smallest absolute Gasteiger partial charge is 0 e. The van der Waals surface area contributed by atoms with Crippen molar-refractivity contribution in [3.05, 3.63) is 32.9 Å². The fourth-order valence-corrected chi connectivity index (χ4v) is 3.57. The zero-order valence-corrected chi connectivity index (χ0v) is 17.4. The second-order valence-corrected chi connectivity index (χ2v) is 6.93. The van der Waals surface area contributed by atoms with Crippen LogP contribution in [0.2, 0.25) is 0 Å². The molecule has 1 unspecified atom stereocenters. The summed E-state index contributed by atoms with van der Waals surface area (Å²) in [6.45, 7) is 2.15. The Morgan fingerprint density at radius 1 is 1.42 bits per heavy atom. The van der Waals surface area contributed by atoms with Gasteiger partial charge in [-0.3, -0.25) is 0 Å². The number of benzene rings is 1. The van der Waals surface area contributed by atoms with E-state index < -0.39 is 0 Å². The number of nitrogens with zero attached hydrogens (tertiary/aromatic N) is 1. The minimum atomic E-state index is -0.210. The summed E-state index contributed by atoms with van der Waals surface area (Å²) in [7, 11) is 5.25. The minimum Gasteiger partial charge on any atom is 0 e. The van der Waals surface area contributed by atoms with Crippen LogP contribution in [-0.2, 0) is 48.7 Å². The number of ether oxygens (including phenoxy) is 1. The van der Waals surface area contributed by atoms with Crippen molar-refractivity contribution >= 4 is 27.2 Å². The average molecular weight is 452 g/mol. The Morgan fingerprint density at radius 2 is 2.05 bits per heavy atom. The Morgan fingerprint density at radius 3 is 2.47 bits per heavy atom. The number of hydrogen-bond acceptors (Lipinski definition) is 3. The van der Waals surface area contributed by atoms with E-state index in [4.69, 9.17) is 4.74 Å². The molecule has 1 aromatic carbocycles. The Kier molecular flexibility index (Phi) is 9.67. The van der Waals surface area contributed by atoms with Gasteiger partial charge in [-0.15, -0.1) is 0 Å². The van der Waals surface area contributed by atoms with Crippen molar-refractivity contribution in [3.8, 4) is 0 Å². The molecule has 0 bridgehead atoms. The van der Waals surface area contributed by atoms with Crippen molar-refractivity contribution in [2.45, 2.75) is 19.4 Å². The molecule has 0 aliphatic carbocycles. The topological polar surface area (TPSA) is 29.5 Å². The van der Waals surface area contributed by atoms with Gasteiger partial charge < -0.3 is 0 Å². The summed E-state index contributed by atoms with van der Waals surface area (Å²) in [4.78, 5) is 15.9. The summed E-state index contributed by atoms with van der Waals surface area (Å²) in [6, 6.07) is 6.33. The molecule has 1 atom stereocenters. The number of esters is 1. The Labute approximate surface area is 151 Å². The van der Waals surface area contributed by atoms with Gasteiger partial charge in [0.05, 0.1) is 0 Å². The Bertz CT molecular complexity index is 424. The van der Waals surface area contributed by atoms with Gasteiger partial charge in [0.2, 0.25) is 0 Å². The summed E-state index contributed by atoms with van der Waals surface area (Å²) in [6.07, 6.45) is 0.699. The number of alkyl halides is 1. The molecule has 0 aromatic heterocycles. The van der Waals surface area contributed by atoms with Crippen LogP contribution >= 0.6 is 21.2 Å². The Balaban J connectivity index is 0.00000324. The molecule has 1 aromatic rings. The maximum Gasteiger partial charge on any atom is 0 e. The van der Waals surface area contributed by atoms with Gasteiger partial charge in [-0.2, -0.15) is 0 Å². The van der Waals surface area contributed by atoms with Gasteiger partial charge in [-0.1, -0.05) is 0 Å². The molecular formula is C14H22INO2Y. The Hall–Kier alpha value is 0.484. The zero-order chi connectivity index (χ0) is 13.7. The van der Waals surface area contributed by atoms with Gasteiger partial charge in [0.25, 0.3) is 0 Å². The molecule has 0 saturated heterocycles. The van der Waals surface area contributed by atoms with Crippen LogP contribution in [0.5, 0.6) is 0 Å². The largest absolute Gasteiger partial charge is 0 e. The van der Waals surface area contributed by atoms with E-state index in [1.165, 1.54) is 21.8 Å². The van der Waals surface area contributed by atoms with Gasteiger partial charge >= 0.3 is 120 Å². The second-order valence-electron chi connectivity index (χ2n) is 4.51. The van der Waals surface area contributed by atoms with Crippen molar-refractivity contribution in [1.82, 2.24) is 4.90 Å². The molecule has 19 heavy (non-hydrogen) atoms. The van der Waals surface area contributed by atoms with E-state index in [1.54, 1.807) is 0 Å². The minimum absolute atomic E-state index is 0. The number of carbonyl (C=O) groups excluding carboxylic acids is 1. The molecule has 105 valence electrons. The molecule has 0 fully saturated rings. The molecule has 0 aliphatic heterocycles. The third-order valence-electron chi connectivity index (χ3n) is 2.98. The summed E-state index contributed by atoms with van der Waals surface area (Å²) in [5, 5.41) is 0. The first-order chi connectivity index (χ1) is 8.49. The van der Waals surface area contributed by atoms with E-state index in [2.05, 4.69) is 30.1 Å². The quantitative estimate of drug-likeness (QED) is 0.390. The third kappa shape index (κ3) is 5.78. The molecule has 0 spiro atoms. The van der Waals surface area contributed by atoms with Gasteiger partial charge in [-0.05, 0) is 0 Å². The molecule has 1 radical (unpaired) electrons. The van der Waals surface area contributed by atoms with Crippen LogP contribution in [0, 0.1) is 10.5 Å².